The molecule has 2 rings (SSSR count). The molecular formula is C13H16ClN5O2. The van der Waals surface area contributed by atoms with Gasteiger partial charge in [-0.3, -0.25) is 0 Å². The summed E-state index contributed by atoms with van der Waals surface area (Å²) in [7, 11) is 1.54. The quantitative estimate of drug-likeness (QED) is 0.876. The molecule has 0 saturated carbocycles. The molecule has 3 N–H and O–H groups in total. The zero-order valence-corrected chi connectivity index (χ0v) is 12.7. The van der Waals surface area contributed by atoms with Crippen LogP contribution in [0.2, 0.25) is 5.02 Å². The molecule has 0 bridgehead atoms. The van der Waals surface area contributed by atoms with E-state index in [9.17, 15) is 0 Å². The second-order valence-corrected chi connectivity index (χ2v) is 4.85. The Morgan fingerprint density at radius 2 is 2.00 bits per heavy atom. The first kappa shape index (κ1) is 15.1. The van der Waals surface area contributed by atoms with E-state index in [1.54, 1.807) is 25.3 Å². The van der Waals surface area contributed by atoms with Gasteiger partial charge in [0.05, 0.1) is 18.2 Å². The lowest BCUT2D eigenvalue weighted by molar-refractivity contribution is 0.222. The fraction of sp³-hybridized carbons (Fsp3) is 0.308. The second kappa shape index (κ2) is 6.45. The Kier molecular flexibility index (Phi) is 4.64. The van der Waals surface area contributed by atoms with Crippen molar-refractivity contribution in [3.63, 3.8) is 0 Å². The van der Waals surface area contributed by atoms with Gasteiger partial charge in [0.15, 0.2) is 0 Å². The number of nitrogens with zero attached hydrogens (tertiary/aromatic N) is 3. The number of methoxy groups -OCH3 is 1. The van der Waals surface area contributed by atoms with Crippen LogP contribution in [0.1, 0.15) is 13.8 Å². The first-order chi connectivity index (χ1) is 9.97. The SMILES string of the molecule is COc1cc(Nc2nc(N)nc(OC(C)C)n2)ccc1Cl. The molecule has 0 saturated heterocycles. The number of rotatable bonds is 5. The Bertz CT molecular complexity index is 636. The smallest absolute Gasteiger partial charge is 0.323 e. The minimum Gasteiger partial charge on any atom is -0.495 e. The third-order valence-corrected chi connectivity index (χ3v) is 2.69. The number of benzene rings is 1. The molecule has 21 heavy (non-hydrogen) atoms. The molecule has 0 aliphatic carbocycles. The van der Waals surface area contributed by atoms with Gasteiger partial charge in [0, 0.05) is 11.8 Å². The molecule has 0 aliphatic rings. The van der Waals surface area contributed by atoms with Crippen molar-refractivity contribution in [1.29, 1.82) is 0 Å². The zero-order chi connectivity index (χ0) is 15.4. The van der Waals surface area contributed by atoms with Crippen molar-refractivity contribution in [3.8, 4) is 11.8 Å². The molecule has 0 spiro atoms. The number of anilines is 3. The molecule has 1 heterocycles. The highest BCUT2D eigenvalue weighted by molar-refractivity contribution is 6.32. The number of nitrogens with one attached hydrogen (secondary N) is 1. The first-order valence-corrected chi connectivity index (χ1v) is 6.64. The second-order valence-electron chi connectivity index (χ2n) is 4.44. The highest BCUT2D eigenvalue weighted by Gasteiger charge is 2.09. The van der Waals surface area contributed by atoms with Gasteiger partial charge in [0.2, 0.25) is 11.9 Å². The average Bonchev–Trinajstić information content (AvgIpc) is 2.39. The molecule has 1 aromatic heterocycles. The molecule has 0 fully saturated rings. The Morgan fingerprint density at radius 1 is 1.24 bits per heavy atom. The normalized spacial score (nSPS) is 10.5. The fourth-order valence-electron chi connectivity index (χ4n) is 1.56. The minimum absolute atomic E-state index is 0.0599. The van der Waals surface area contributed by atoms with Gasteiger partial charge in [-0.15, -0.1) is 0 Å². The van der Waals surface area contributed by atoms with Crippen LogP contribution in [-0.4, -0.2) is 28.2 Å². The summed E-state index contributed by atoms with van der Waals surface area (Å²) in [5.74, 6) is 0.897. The van der Waals surface area contributed by atoms with Crippen LogP contribution < -0.4 is 20.5 Å². The maximum absolute atomic E-state index is 5.97. The molecule has 2 aromatic rings. The van der Waals surface area contributed by atoms with Crippen LogP contribution in [0.5, 0.6) is 11.8 Å². The summed E-state index contributed by atoms with van der Waals surface area (Å²) in [5.41, 5.74) is 6.35. The van der Waals surface area contributed by atoms with E-state index >= 15 is 0 Å². The lowest BCUT2D eigenvalue weighted by Gasteiger charge is -2.11. The number of ether oxygens (including phenoxy) is 2. The van der Waals surface area contributed by atoms with Crippen molar-refractivity contribution < 1.29 is 9.47 Å². The van der Waals surface area contributed by atoms with Crippen molar-refractivity contribution in [2.75, 3.05) is 18.2 Å². The Hall–Kier alpha value is -2.28. The summed E-state index contributed by atoms with van der Waals surface area (Å²) in [4.78, 5) is 12.1. The molecule has 8 heteroatoms. The van der Waals surface area contributed by atoms with Crippen LogP contribution in [-0.2, 0) is 0 Å². The molecule has 112 valence electrons. The van der Waals surface area contributed by atoms with Gasteiger partial charge in [0.1, 0.15) is 5.75 Å². The molecule has 0 atom stereocenters. The zero-order valence-electron chi connectivity index (χ0n) is 11.9. The summed E-state index contributed by atoms with van der Waals surface area (Å²) in [6.45, 7) is 3.74. The first-order valence-electron chi connectivity index (χ1n) is 6.26. The van der Waals surface area contributed by atoms with Gasteiger partial charge in [-0.05, 0) is 26.0 Å². The Morgan fingerprint density at radius 3 is 2.67 bits per heavy atom. The molecule has 0 radical (unpaired) electrons. The minimum atomic E-state index is -0.0599. The highest BCUT2D eigenvalue weighted by atomic mass is 35.5. The van der Waals surface area contributed by atoms with Crippen LogP contribution in [0.15, 0.2) is 18.2 Å². The van der Waals surface area contributed by atoms with Gasteiger partial charge >= 0.3 is 6.01 Å². The van der Waals surface area contributed by atoms with Gasteiger partial charge in [0.25, 0.3) is 0 Å². The predicted molar refractivity (Wildman–Crippen MR) is 81.3 cm³/mol. The van der Waals surface area contributed by atoms with E-state index in [2.05, 4.69) is 20.3 Å². The third kappa shape index (κ3) is 4.09. The maximum Gasteiger partial charge on any atom is 0.323 e. The van der Waals surface area contributed by atoms with Crippen molar-refractivity contribution in [2.24, 2.45) is 0 Å². The van der Waals surface area contributed by atoms with E-state index < -0.39 is 0 Å². The highest BCUT2D eigenvalue weighted by Crippen LogP contribution is 2.28. The van der Waals surface area contributed by atoms with E-state index in [-0.39, 0.29) is 24.0 Å². The van der Waals surface area contributed by atoms with Crippen LogP contribution >= 0.6 is 11.6 Å². The van der Waals surface area contributed by atoms with Crippen molar-refractivity contribution in [1.82, 2.24) is 15.0 Å². The van der Waals surface area contributed by atoms with Crippen molar-refractivity contribution >= 4 is 29.2 Å². The number of halogens is 1. The summed E-state index contributed by atoms with van der Waals surface area (Å²) in [6.07, 6.45) is -0.0599. The van der Waals surface area contributed by atoms with Crippen LogP contribution in [0.4, 0.5) is 17.6 Å². The molecule has 0 amide bonds. The summed E-state index contributed by atoms with van der Waals surface area (Å²) < 4.78 is 10.6. The lowest BCUT2D eigenvalue weighted by atomic mass is 10.3. The maximum atomic E-state index is 5.97. The lowest BCUT2D eigenvalue weighted by Crippen LogP contribution is -2.11. The molecular weight excluding hydrogens is 294 g/mol. The monoisotopic (exact) mass is 309 g/mol. The van der Waals surface area contributed by atoms with Crippen molar-refractivity contribution in [3.05, 3.63) is 23.2 Å². The molecule has 0 unspecified atom stereocenters. The van der Waals surface area contributed by atoms with E-state index in [1.807, 2.05) is 13.8 Å². The predicted octanol–water partition coefficient (Wildman–Crippen LogP) is 2.65. The number of nitrogens with two attached hydrogens (primary N) is 1. The Labute approximate surface area is 127 Å². The van der Waals surface area contributed by atoms with E-state index in [0.29, 0.717) is 16.5 Å². The van der Waals surface area contributed by atoms with Gasteiger partial charge in [-0.25, -0.2) is 0 Å². The summed E-state index contributed by atoms with van der Waals surface area (Å²) in [6, 6.07) is 5.37. The third-order valence-electron chi connectivity index (χ3n) is 2.38. The van der Waals surface area contributed by atoms with Crippen LogP contribution in [0.3, 0.4) is 0 Å². The van der Waals surface area contributed by atoms with Crippen LogP contribution in [0.25, 0.3) is 0 Å². The summed E-state index contributed by atoms with van der Waals surface area (Å²) in [5, 5.41) is 3.52. The van der Waals surface area contributed by atoms with Crippen molar-refractivity contribution in [2.45, 2.75) is 20.0 Å². The van der Waals surface area contributed by atoms with Crippen LogP contribution in [0, 0.1) is 0 Å². The Balaban J connectivity index is 2.24. The number of nitrogen functional groups attached to an aromatic ring is 1. The van der Waals surface area contributed by atoms with E-state index in [1.165, 1.54) is 0 Å². The fourth-order valence-corrected chi connectivity index (χ4v) is 1.75. The van der Waals surface area contributed by atoms with E-state index in [0.717, 1.165) is 0 Å². The van der Waals surface area contributed by atoms with Gasteiger partial charge in [-0.2, -0.15) is 15.0 Å². The average molecular weight is 310 g/mol. The van der Waals surface area contributed by atoms with Gasteiger partial charge < -0.3 is 20.5 Å². The molecule has 7 nitrogen and oxygen atoms in total. The number of aromatic nitrogens is 3. The number of hydrogen-bond donors (Lipinski definition) is 2. The number of hydrogen-bond acceptors (Lipinski definition) is 7. The molecule has 1 aromatic carbocycles. The van der Waals surface area contributed by atoms with E-state index in [4.69, 9.17) is 26.8 Å². The van der Waals surface area contributed by atoms with Gasteiger partial charge in [-0.1, -0.05) is 11.6 Å². The summed E-state index contributed by atoms with van der Waals surface area (Å²) >= 11 is 5.97. The topological polar surface area (TPSA) is 95.2 Å². The molecule has 0 aliphatic heterocycles. The largest absolute Gasteiger partial charge is 0.495 e. The standard InChI is InChI=1S/C13H16ClN5O2/c1-7(2)21-13-18-11(15)17-12(19-13)16-8-4-5-9(14)10(6-8)20-3/h4-7H,1-3H3,(H3,15,16,17,18,19).